The van der Waals surface area contributed by atoms with Crippen LogP contribution in [0.4, 0.5) is 0 Å². The van der Waals surface area contributed by atoms with E-state index in [1.54, 1.807) is 0 Å². The lowest BCUT2D eigenvalue weighted by Gasteiger charge is -2.48. The van der Waals surface area contributed by atoms with Gasteiger partial charge in [-0.3, -0.25) is 4.79 Å². The van der Waals surface area contributed by atoms with Gasteiger partial charge in [0.25, 0.3) is 0 Å². The maximum Gasteiger partial charge on any atom is 0.220 e. The summed E-state index contributed by atoms with van der Waals surface area (Å²) in [4.78, 5) is 13.5. The summed E-state index contributed by atoms with van der Waals surface area (Å²) in [6, 6.07) is -0.888. The van der Waals surface area contributed by atoms with Crippen LogP contribution >= 0.6 is 0 Å². The van der Waals surface area contributed by atoms with Gasteiger partial charge in [0.05, 0.1) is 38.6 Å². The van der Waals surface area contributed by atoms with Crippen LogP contribution < -0.4 is 5.32 Å². The highest BCUT2D eigenvalue weighted by molar-refractivity contribution is 5.76. The molecule has 0 aliphatic carbocycles. The predicted octanol–water partition coefficient (Wildman–Crippen LogP) is 14.1. The standard InChI is InChI=1S/C81H153NO18/c1-3-5-7-9-11-13-15-17-19-21-23-25-27-29-30-31-32-33-35-36-38-40-42-44-46-48-50-52-54-56-58-65(86)64(82-69(87)59-57-55-53-51-49-47-45-43-41-39-37-34-28-26-24-22-20-18-16-14-12-10-8-6-4-2)63-95-79-75(93)72(90)77(67(61-84)97-79)100-81-76(94)73(91)78(68(62-85)98-81)99-80-74(92)71(89)70(88)66(60-83)96-80/h16,18,22,24,64-68,70-81,83-86,88-94H,3-15,17,19-21,23,25-63H2,1-2H3,(H,82,87)/b18-16-,24-22-. The molecule has 3 rings (SSSR count). The molecular weight excluding hydrogens is 1270 g/mol. The summed E-state index contributed by atoms with van der Waals surface area (Å²) in [7, 11) is 0. The number of nitrogens with one attached hydrogen (secondary N) is 1. The Morgan fingerprint density at radius 3 is 1.02 bits per heavy atom. The van der Waals surface area contributed by atoms with Gasteiger partial charge >= 0.3 is 0 Å². The van der Waals surface area contributed by atoms with Gasteiger partial charge in [-0.1, -0.05) is 327 Å². The van der Waals surface area contributed by atoms with Crippen LogP contribution in [0.15, 0.2) is 24.3 Å². The zero-order valence-electron chi connectivity index (χ0n) is 63.2. The van der Waals surface area contributed by atoms with Crippen molar-refractivity contribution in [3.63, 3.8) is 0 Å². The van der Waals surface area contributed by atoms with Gasteiger partial charge in [-0.05, 0) is 44.9 Å². The average Bonchev–Trinajstić information content (AvgIpc) is 0.783. The smallest absolute Gasteiger partial charge is 0.220 e. The molecule has 0 aromatic rings. The van der Waals surface area contributed by atoms with Crippen molar-refractivity contribution in [1.82, 2.24) is 5.32 Å². The van der Waals surface area contributed by atoms with E-state index in [0.717, 1.165) is 51.4 Å². The van der Waals surface area contributed by atoms with Gasteiger partial charge in [0.2, 0.25) is 5.91 Å². The Hall–Kier alpha value is -1.73. The van der Waals surface area contributed by atoms with Crippen molar-refractivity contribution in [2.24, 2.45) is 0 Å². The lowest BCUT2D eigenvalue weighted by molar-refractivity contribution is -0.379. The van der Waals surface area contributed by atoms with Crippen LogP contribution in [0.25, 0.3) is 0 Å². The third kappa shape index (κ3) is 42.0. The van der Waals surface area contributed by atoms with Crippen LogP contribution in [0.2, 0.25) is 0 Å². The molecule has 3 aliphatic rings. The Kier molecular flexibility index (Phi) is 57.6. The predicted molar refractivity (Wildman–Crippen MR) is 397 cm³/mol. The number of allylic oxidation sites excluding steroid dienone is 4. The van der Waals surface area contributed by atoms with E-state index >= 15 is 0 Å². The Morgan fingerprint density at radius 1 is 0.360 bits per heavy atom. The number of amides is 1. The molecule has 17 atom stereocenters. The Balaban J connectivity index is 1.36. The molecule has 3 heterocycles. The molecule has 0 bridgehead atoms. The summed E-state index contributed by atoms with van der Waals surface area (Å²) in [5.74, 6) is -0.238. The summed E-state index contributed by atoms with van der Waals surface area (Å²) in [6.45, 7) is 1.85. The Labute approximate surface area is 607 Å². The SMILES string of the molecule is CCCCCCC/C=C\C/C=C\CCCCCCCCCCCCCCCC(=O)NC(COC1OC(CO)C(OC2OC(CO)C(OC3OC(CO)C(O)C(O)C3O)C(O)C2O)C(O)C1O)C(O)CCCCCCCCCCCCCCCCCCCCCCCCCCCCCCCC. The van der Waals surface area contributed by atoms with Crippen molar-refractivity contribution in [2.75, 3.05) is 26.4 Å². The van der Waals surface area contributed by atoms with E-state index in [4.69, 9.17) is 28.4 Å². The van der Waals surface area contributed by atoms with Crippen molar-refractivity contribution < 1.29 is 89.4 Å². The van der Waals surface area contributed by atoms with Gasteiger partial charge < -0.3 is 89.9 Å². The van der Waals surface area contributed by atoms with Crippen molar-refractivity contribution in [3.8, 4) is 0 Å². The number of aliphatic hydroxyl groups is 11. The molecule has 19 nitrogen and oxygen atoms in total. The molecule has 590 valence electrons. The first-order valence-electron chi connectivity index (χ1n) is 41.6. The molecule has 19 heteroatoms. The number of carbonyl (C=O) groups is 1. The second kappa shape index (κ2) is 62.3. The van der Waals surface area contributed by atoms with E-state index in [9.17, 15) is 61.0 Å². The maximum atomic E-state index is 13.5. The average molecular weight is 1430 g/mol. The number of hydrogen-bond acceptors (Lipinski definition) is 18. The molecular formula is C81H153NO18. The summed E-state index contributed by atoms with van der Waals surface area (Å²) < 4.78 is 34.6. The van der Waals surface area contributed by atoms with Crippen molar-refractivity contribution in [2.45, 2.75) is 458 Å². The topological polar surface area (TPSA) is 307 Å². The molecule has 100 heavy (non-hydrogen) atoms. The first kappa shape index (κ1) is 92.5. The first-order chi connectivity index (χ1) is 48.8. The van der Waals surface area contributed by atoms with E-state index in [1.165, 1.54) is 270 Å². The van der Waals surface area contributed by atoms with Gasteiger partial charge in [0.1, 0.15) is 73.2 Å². The second-order valence-corrected chi connectivity index (χ2v) is 29.9. The second-order valence-electron chi connectivity index (χ2n) is 29.9. The number of rotatable bonds is 67. The van der Waals surface area contributed by atoms with Crippen LogP contribution in [0.5, 0.6) is 0 Å². The first-order valence-corrected chi connectivity index (χ1v) is 41.6. The van der Waals surface area contributed by atoms with Gasteiger partial charge in [0, 0.05) is 6.42 Å². The highest BCUT2D eigenvalue weighted by Gasteiger charge is 2.54. The Morgan fingerprint density at radius 2 is 0.660 bits per heavy atom. The normalized spacial score (nSPS) is 26.5. The quantitative estimate of drug-likeness (QED) is 0.0199. The summed E-state index contributed by atoms with van der Waals surface area (Å²) >= 11 is 0. The molecule has 1 amide bonds. The van der Waals surface area contributed by atoms with Crippen LogP contribution in [-0.2, 0) is 33.2 Å². The van der Waals surface area contributed by atoms with Gasteiger partial charge in [-0.2, -0.15) is 0 Å². The van der Waals surface area contributed by atoms with Crippen molar-refractivity contribution >= 4 is 5.91 Å². The summed E-state index contributed by atoms with van der Waals surface area (Å²) in [5, 5.41) is 121. The fourth-order valence-corrected chi connectivity index (χ4v) is 14.3. The molecule has 3 aliphatic heterocycles. The molecule has 3 fully saturated rings. The summed E-state index contributed by atoms with van der Waals surface area (Å²) in [5.41, 5.74) is 0. The monoisotopic (exact) mass is 1430 g/mol. The number of unbranched alkanes of at least 4 members (excludes halogenated alkanes) is 47. The summed E-state index contributed by atoms with van der Waals surface area (Å²) in [6.07, 6.45) is 48.4. The van der Waals surface area contributed by atoms with Gasteiger partial charge in [-0.25, -0.2) is 0 Å². The lowest BCUT2D eigenvalue weighted by atomic mass is 9.96. The minimum Gasteiger partial charge on any atom is -0.394 e. The number of ether oxygens (including phenoxy) is 6. The largest absolute Gasteiger partial charge is 0.394 e. The van der Waals surface area contributed by atoms with E-state index in [1.807, 2.05) is 0 Å². The van der Waals surface area contributed by atoms with Crippen LogP contribution in [0.3, 0.4) is 0 Å². The van der Waals surface area contributed by atoms with Gasteiger partial charge in [0.15, 0.2) is 18.9 Å². The highest BCUT2D eigenvalue weighted by atomic mass is 16.8. The molecule has 0 aromatic carbocycles. The highest BCUT2D eigenvalue weighted by Crippen LogP contribution is 2.33. The number of aliphatic hydroxyl groups excluding tert-OH is 11. The van der Waals surface area contributed by atoms with Crippen LogP contribution in [0.1, 0.15) is 354 Å². The minimum atomic E-state index is -1.97. The Bertz CT molecular complexity index is 1900. The van der Waals surface area contributed by atoms with E-state index in [-0.39, 0.29) is 18.9 Å². The lowest BCUT2D eigenvalue weighted by Crippen LogP contribution is -2.66. The third-order valence-corrected chi connectivity index (χ3v) is 21.0. The van der Waals surface area contributed by atoms with Crippen LogP contribution in [0, 0.1) is 0 Å². The molecule has 17 unspecified atom stereocenters. The number of hydrogen-bond donors (Lipinski definition) is 12. The minimum absolute atomic E-state index is 0.238. The van der Waals surface area contributed by atoms with Crippen molar-refractivity contribution in [1.29, 1.82) is 0 Å². The van der Waals surface area contributed by atoms with Crippen molar-refractivity contribution in [3.05, 3.63) is 24.3 Å². The van der Waals surface area contributed by atoms with E-state index < -0.39 is 124 Å². The molecule has 0 aromatic heterocycles. The van der Waals surface area contributed by atoms with Crippen LogP contribution in [-0.4, -0.2) is 193 Å². The van der Waals surface area contributed by atoms with E-state index in [0.29, 0.717) is 12.8 Å². The zero-order valence-corrected chi connectivity index (χ0v) is 63.2. The van der Waals surface area contributed by atoms with E-state index in [2.05, 4.69) is 43.5 Å². The molecule has 12 N–H and O–H groups in total. The molecule has 0 radical (unpaired) electrons. The molecule has 0 saturated carbocycles. The molecule has 0 spiro atoms. The zero-order chi connectivity index (χ0) is 72.5. The van der Waals surface area contributed by atoms with Gasteiger partial charge in [-0.15, -0.1) is 0 Å². The maximum absolute atomic E-state index is 13.5. The fraction of sp³-hybridized carbons (Fsp3) is 0.938. The number of carbonyl (C=O) groups excluding carboxylic acids is 1. The molecule has 3 saturated heterocycles. The fourth-order valence-electron chi connectivity index (χ4n) is 14.3. The third-order valence-electron chi connectivity index (χ3n) is 21.0.